The van der Waals surface area contributed by atoms with Crippen molar-refractivity contribution in [3.8, 4) is 0 Å². The molecule has 20 heavy (non-hydrogen) atoms. The van der Waals surface area contributed by atoms with Gasteiger partial charge in [-0.2, -0.15) is 0 Å². The molecule has 0 spiro atoms. The number of rotatable bonds is 3. The normalized spacial score (nSPS) is 12.0. The van der Waals surface area contributed by atoms with Crippen molar-refractivity contribution in [3.63, 3.8) is 0 Å². The van der Waals surface area contributed by atoms with E-state index in [9.17, 15) is 4.79 Å². The molecule has 1 aromatic carbocycles. The van der Waals surface area contributed by atoms with Crippen molar-refractivity contribution in [2.45, 2.75) is 33.7 Å². The Bertz CT molecular complexity index is 635. The van der Waals surface area contributed by atoms with E-state index in [0.29, 0.717) is 5.69 Å². The first-order valence-corrected chi connectivity index (χ1v) is 6.79. The number of nitrogens with zero attached hydrogens (tertiary/aromatic N) is 1. The van der Waals surface area contributed by atoms with Gasteiger partial charge in [-0.25, -0.2) is 4.98 Å². The average molecular weight is 268 g/mol. The van der Waals surface area contributed by atoms with Crippen LogP contribution in [0.2, 0.25) is 0 Å². The number of nitrogens with one attached hydrogen (secondary N) is 1. The molecule has 1 heterocycles. The van der Waals surface area contributed by atoms with Crippen LogP contribution in [0.25, 0.3) is 0 Å². The van der Waals surface area contributed by atoms with E-state index >= 15 is 0 Å². The van der Waals surface area contributed by atoms with E-state index in [1.54, 1.807) is 6.07 Å². The zero-order chi connectivity index (χ0) is 14.7. The van der Waals surface area contributed by atoms with Crippen molar-refractivity contribution in [1.29, 1.82) is 0 Å². The van der Waals surface area contributed by atoms with Crippen molar-refractivity contribution < 1.29 is 4.79 Å². The minimum atomic E-state index is -0.137. The van der Waals surface area contributed by atoms with Gasteiger partial charge in [0, 0.05) is 5.69 Å². The Morgan fingerprint density at radius 1 is 1.15 bits per heavy atom. The van der Waals surface area contributed by atoms with Crippen molar-refractivity contribution >= 4 is 5.91 Å². The molecule has 0 saturated heterocycles. The Morgan fingerprint density at radius 3 is 2.60 bits per heavy atom. The van der Waals surface area contributed by atoms with Gasteiger partial charge < -0.3 is 5.32 Å². The molecule has 1 unspecified atom stereocenters. The maximum Gasteiger partial charge on any atom is 0.270 e. The van der Waals surface area contributed by atoms with Crippen LogP contribution in [0.3, 0.4) is 0 Å². The smallest absolute Gasteiger partial charge is 0.270 e. The molecule has 1 N–H and O–H groups in total. The van der Waals surface area contributed by atoms with Gasteiger partial charge in [0.15, 0.2) is 0 Å². The van der Waals surface area contributed by atoms with E-state index in [1.165, 1.54) is 11.1 Å². The molecule has 3 nitrogen and oxygen atoms in total. The molecule has 0 bridgehead atoms. The molecule has 3 heteroatoms. The van der Waals surface area contributed by atoms with E-state index in [4.69, 9.17) is 0 Å². The molecule has 1 amide bonds. The van der Waals surface area contributed by atoms with Gasteiger partial charge in [0.05, 0.1) is 6.04 Å². The summed E-state index contributed by atoms with van der Waals surface area (Å²) in [6, 6.07) is 11.7. The molecule has 0 aliphatic carbocycles. The summed E-state index contributed by atoms with van der Waals surface area (Å²) < 4.78 is 0. The lowest BCUT2D eigenvalue weighted by molar-refractivity contribution is 0.0934. The van der Waals surface area contributed by atoms with Gasteiger partial charge in [-0.15, -0.1) is 0 Å². The van der Waals surface area contributed by atoms with Gasteiger partial charge in [-0.3, -0.25) is 4.79 Å². The fourth-order valence-electron chi connectivity index (χ4n) is 2.24. The standard InChI is InChI=1S/C17H20N2O/c1-11-8-9-12(2)15(10-11)14(4)19-17(20)16-7-5-6-13(3)18-16/h5-10,14H,1-4H3,(H,19,20). The third-order valence-electron chi connectivity index (χ3n) is 3.37. The molecule has 1 aromatic heterocycles. The highest BCUT2D eigenvalue weighted by atomic mass is 16.1. The van der Waals surface area contributed by atoms with Gasteiger partial charge >= 0.3 is 0 Å². The molecule has 2 aromatic rings. The Morgan fingerprint density at radius 2 is 1.90 bits per heavy atom. The van der Waals surface area contributed by atoms with Crippen LogP contribution in [0.5, 0.6) is 0 Å². The van der Waals surface area contributed by atoms with Gasteiger partial charge in [0.25, 0.3) is 5.91 Å². The number of carbonyl (C=O) groups is 1. The number of carbonyl (C=O) groups excluding carboxylic acids is 1. The van der Waals surface area contributed by atoms with Crippen LogP contribution in [-0.4, -0.2) is 10.9 Å². The maximum absolute atomic E-state index is 12.2. The quantitative estimate of drug-likeness (QED) is 0.925. The number of amides is 1. The summed E-state index contributed by atoms with van der Waals surface area (Å²) in [7, 11) is 0. The summed E-state index contributed by atoms with van der Waals surface area (Å²) >= 11 is 0. The first-order valence-electron chi connectivity index (χ1n) is 6.79. The first kappa shape index (κ1) is 14.3. The number of benzene rings is 1. The van der Waals surface area contributed by atoms with Crippen LogP contribution in [-0.2, 0) is 0 Å². The molecule has 0 saturated carbocycles. The van der Waals surface area contributed by atoms with E-state index in [1.807, 2.05) is 26.0 Å². The van der Waals surface area contributed by atoms with E-state index < -0.39 is 0 Å². The van der Waals surface area contributed by atoms with Gasteiger partial charge in [-0.1, -0.05) is 29.8 Å². The number of pyridine rings is 1. The molecule has 0 fully saturated rings. The Kier molecular flexibility index (Phi) is 4.18. The molecule has 0 aliphatic rings. The number of aromatic nitrogens is 1. The van der Waals surface area contributed by atoms with Crippen molar-refractivity contribution in [1.82, 2.24) is 10.3 Å². The minimum Gasteiger partial charge on any atom is -0.344 e. The van der Waals surface area contributed by atoms with E-state index in [2.05, 4.69) is 42.3 Å². The fourth-order valence-corrected chi connectivity index (χ4v) is 2.24. The summed E-state index contributed by atoms with van der Waals surface area (Å²) in [6.45, 7) is 7.99. The highest BCUT2D eigenvalue weighted by Crippen LogP contribution is 2.19. The Labute approximate surface area is 120 Å². The van der Waals surface area contributed by atoms with Crippen LogP contribution < -0.4 is 5.32 Å². The Hall–Kier alpha value is -2.16. The van der Waals surface area contributed by atoms with Crippen LogP contribution in [0, 0.1) is 20.8 Å². The second kappa shape index (κ2) is 5.87. The number of aryl methyl sites for hydroxylation is 3. The second-order valence-electron chi connectivity index (χ2n) is 5.22. The molecule has 2 rings (SSSR count). The lowest BCUT2D eigenvalue weighted by Crippen LogP contribution is -2.28. The van der Waals surface area contributed by atoms with E-state index in [-0.39, 0.29) is 11.9 Å². The zero-order valence-corrected chi connectivity index (χ0v) is 12.4. The molecule has 104 valence electrons. The lowest BCUT2D eigenvalue weighted by Gasteiger charge is -2.17. The van der Waals surface area contributed by atoms with Crippen LogP contribution in [0.15, 0.2) is 36.4 Å². The summed E-state index contributed by atoms with van der Waals surface area (Å²) in [4.78, 5) is 16.5. The summed E-state index contributed by atoms with van der Waals surface area (Å²) in [5, 5.41) is 3.01. The van der Waals surface area contributed by atoms with Crippen molar-refractivity contribution in [2.75, 3.05) is 0 Å². The van der Waals surface area contributed by atoms with Crippen molar-refractivity contribution in [2.24, 2.45) is 0 Å². The van der Waals surface area contributed by atoms with Gasteiger partial charge in [-0.05, 0) is 51.0 Å². The molecular weight excluding hydrogens is 248 g/mol. The number of hydrogen-bond donors (Lipinski definition) is 1. The maximum atomic E-state index is 12.2. The average Bonchev–Trinajstić information content (AvgIpc) is 2.41. The summed E-state index contributed by atoms with van der Waals surface area (Å²) in [5.74, 6) is -0.137. The fraction of sp³-hybridized carbons (Fsp3) is 0.294. The number of hydrogen-bond acceptors (Lipinski definition) is 2. The van der Waals surface area contributed by atoms with Crippen molar-refractivity contribution in [3.05, 3.63) is 64.5 Å². The molecular formula is C17H20N2O. The largest absolute Gasteiger partial charge is 0.344 e. The third-order valence-corrected chi connectivity index (χ3v) is 3.37. The Balaban J connectivity index is 2.17. The third kappa shape index (κ3) is 3.23. The van der Waals surface area contributed by atoms with E-state index in [0.717, 1.165) is 11.3 Å². The predicted octanol–water partition coefficient (Wildman–Crippen LogP) is 3.50. The first-order chi connectivity index (χ1) is 9.47. The lowest BCUT2D eigenvalue weighted by atomic mass is 10.00. The molecule has 0 radical (unpaired) electrons. The molecule has 0 aliphatic heterocycles. The molecule has 1 atom stereocenters. The van der Waals surface area contributed by atoms with Crippen LogP contribution >= 0.6 is 0 Å². The van der Waals surface area contributed by atoms with Crippen LogP contribution in [0.4, 0.5) is 0 Å². The van der Waals surface area contributed by atoms with Gasteiger partial charge in [0.1, 0.15) is 5.69 Å². The summed E-state index contributed by atoms with van der Waals surface area (Å²) in [5.41, 5.74) is 4.83. The predicted molar refractivity (Wildman–Crippen MR) is 80.8 cm³/mol. The van der Waals surface area contributed by atoms with Crippen LogP contribution in [0.1, 0.15) is 45.8 Å². The highest BCUT2D eigenvalue weighted by molar-refractivity contribution is 5.92. The topological polar surface area (TPSA) is 42.0 Å². The second-order valence-corrected chi connectivity index (χ2v) is 5.22. The zero-order valence-electron chi connectivity index (χ0n) is 12.4. The minimum absolute atomic E-state index is 0.0373. The van der Waals surface area contributed by atoms with Gasteiger partial charge in [0.2, 0.25) is 0 Å². The monoisotopic (exact) mass is 268 g/mol. The summed E-state index contributed by atoms with van der Waals surface area (Å²) in [6.07, 6.45) is 0. The highest BCUT2D eigenvalue weighted by Gasteiger charge is 2.14. The SMILES string of the molecule is Cc1ccc(C)c(C(C)NC(=O)c2cccc(C)n2)c1.